The van der Waals surface area contributed by atoms with Gasteiger partial charge in [0.2, 0.25) is 0 Å². The first kappa shape index (κ1) is 19.4. The Morgan fingerprint density at radius 1 is 0.840 bits per heavy atom. The molecule has 0 heterocycles. The van der Waals surface area contributed by atoms with Gasteiger partial charge in [-0.3, -0.25) is 0 Å². The maximum atomic E-state index is 6.47. The number of ether oxygens (including phenoxy) is 2. The summed E-state index contributed by atoms with van der Waals surface area (Å²) in [5, 5.41) is 0.119. The molecule has 2 aromatic carbocycles. The van der Waals surface area contributed by atoms with Gasteiger partial charge in [0.15, 0.2) is 5.75 Å². The van der Waals surface area contributed by atoms with Gasteiger partial charge in [0, 0.05) is 18.1 Å². The Labute approximate surface area is 153 Å². The highest BCUT2D eigenvalue weighted by atomic mass is 28.4. The zero-order valence-electron chi connectivity index (χ0n) is 16.5. The molecule has 0 N–H and O–H groups in total. The van der Waals surface area contributed by atoms with Gasteiger partial charge in [-0.2, -0.15) is 0 Å². The van der Waals surface area contributed by atoms with Crippen molar-refractivity contribution in [2.75, 3.05) is 14.2 Å². The van der Waals surface area contributed by atoms with Gasteiger partial charge < -0.3 is 13.9 Å². The third-order valence-corrected chi connectivity index (χ3v) is 9.32. The van der Waals surface area contributed by atoms with E-state index in [-0.39, 0.29) is 5.04 Å². The Bertz CT molecular complexity index is 703. The van der Waals surface area contributed by atoms with Crippen molar-refractivity contribution < 1.29 is 13.9 Å². The van der Waals surface area contributed by atoms with Crippen LogP contribution >= 0.6 is 0 Å². The number of rotatable bonds is 6. The van der Waals surface area contributed by atoms with Gasteiger partial charge in [0.1, 0.15) is 11.5 Å². The molecular weight excluding hydrogens is 328 g/mol. The first-order valence-electron chi connectivity index (χ1n) is 8.66. The standard InChI is InChI=1S/C21H30O3Si/c1-21(2,3)25(6,7)24-20-15-18(22-4)17(14-19(20)23-5)13-16-11-9-8-10-12-16/h8-12,14-15H,13H2,1-7H3. The van der Waals surface area contributed by atoms with E-state index in [2.05, 4.69) is 46.0 Å². The minimum Gasteiger partial charge on any atom is -0.541 e. The summed E-state index contributed by atoms with van der Waals surface area (Å²) in [6.45, 7) is 11.2. The number of hydrogen-bond donors (Lipinski definition) is 0. The second kappa shape index (κ2) is 7.52. The average Bonchev–Trinajstić information content (AvgIpc) is 2.55. The van der Waals surface area contributed by atoms with Crippen molar-refractivity contribution in [3.05, 3.63) is 53.6 Å². The van der Waals surface area contributed by atoms with Crippen LogP contribution in [0.2, 0.25) is 18.1 Å². The van der Waals surface area contributed by atoms with Crippen LogP contribution in [0.25, 0.3) is 0 Å². The predicted molar refractivity (Wildman–Crippen MR) is 107 cm³/mol. The molecule has 0 aliphatic heterocycles. The molecule has 0 unspecified atom stereocenters. The zero-order chi connectivity index (χ0) is 18.7. The van der Waals surface area contributed by atoms with Crippen molar-refractivity contribution in [1.29, 1.82) is 0 Å². The van der Waals surface area contributed by atoms with E-state index in [9.17, 15) is 0 Å². The third kappa shape index (κ3) is 4.57. The van der Waals surface area contributed by atoms with Crippen LogP contribution < -0.4 is 13.9 Å². The Morgan fingerprint density at radius 3 is 1.96 bits per heavy atom. The minimum atomic E-state index is -1.96. The molecule has 136 valence electrons. The molecule has 0 bridgehead atoms. The lowest BCUT2D eigenvalue weighted by molar-refractivity contribution is 0.375. The molecule has 0 aromatic heterocycles. The summed E-state index contributed by atoms with van der Waals surface area (Å²) in [6.07, 6.45) is 0.792. The maximum absolute atomic E-state index is 6.47. The van der Waals surface area contributed by atoms with E-state index in [1.54, 1.807) is 14.2 Å². The lowest BCUT2D eigenvalue weighted by Crippen LogP contribution is -2.43. The summed E-state index contributed by atoms with van der Waals surface area (Å²) < 4.78 is 17.7. The van der Waals surface area contributed by atoms with Crippen molar-refractivity contribution in [3.8, 4) is 17.2 Å². The topological polar surface area (TPSA) is 27.7 Å². The quantitative estimate of drug-likeness (QED) is 0.622. The zero-order valence-corrected chi connectivity index (χ0v) is 17.5. The highest BCUT2D eigenvalue weighted by Crippen LogP contribution is 2.42. The largest absolute Gasteiger partial charge is 0.541 e. The van der Waals surface area contributed by atoms with Gasteiger partial charge in [0.05, 0.1) is 14.2 Å². The molecule has 4 heteroatoms. The van der Waals surface area contributed by atoms with Gasteiger partial charge >= 0.3 is 0 Å². The Kier molecular flexibility index (Phi) is 5.83. The lowest BCUT2D eigenvalue weighted by Gasteiger charge is -2.37. The monoisotopic (exact) mass is 358 g/mol. The van der Waals surface area contributed by atoms with E-state index < -0.39 is 8.32 Å². The molecule has 25 heavy (non-hydrogen) atoms. The number of benzene rings is 2. The molecule has 0 saturated carbocycles. The van der Waals surface area contributed by atoms with Crippen LogP contribution in [0.4, 0.5) is 0 Å². The third-order valence-electron chi connectivity index (χ3n) is 4.98. The SMILES string of the molecule is COc1cc(O[Si](C)(C)C(C)(C)C)c(OC)cc1Cc1ccccc1. The summed E-state index contributed by atoms with van der Waals surface area (Å²) in [5.74, 6) is 2.36. The molecule has 0 atom stereocenters. The molecule has 0 aliphatic rings. The summed E-state index contributed by atoms with van der Waals surface area (Å²) >= 11 is 0. The molecule has 0 fully saturated rings. The van der Waals surface area contributed by atoms with Gasteiger partial charge in [-0.05, 0) is 29.8 Å². The summed E-state index contributed by atoms with van der Waals surface area (Å²) in [7, 11) is 1.43. The molecule has 0 aliphatic carbocycles. The van der Waals surface area contributed by atoms with E-state index in [0.717, 1.165) is 29.2 Å². The van der Waals surface area contributed by atoms with Gasteiger partial charge in [-0.25, -0.2) is 0 Å². The highest BCUT2D eigenvalue weighted by Gasteiger charge is 2.39. The summed E-state index contributed by atoms with van der Waals surface area (Å²) in [4.78, 5) is 0. The molecule has 0 saturated heterocycles. The van der Waals surface area contributed by atoms with E-state index in [0.29, 0.717) is 0 Å². The number of methoxy groups -OCH3 is 2. The van der Waals surface area contributed by atoms with Crippen molar-refractivity contribution in [2.24, 2.45) is 0 Å². The lowest BCUT2D eigenvalue weighted by atomic mass is 10.0. The molecule has 3 nitrogen and oxygen atoms in total. The van der Waals surface area contributed by atoms with Crippen LogP contribution in [0.15, 0.2) is 42.5 Å². The average molecular weight is 359 g/mol. The molecule has 0 amide bonds. The van der Waals surface area contributed by atoms with Gasteiger partial charge in [-0.15, -0.1) is 0 Å². The van der Waals surface area contributed by atoms with Crippen LogP contribution in [-0.2, 0) is 6.42 Å². The van der Waals surface area contributed by atoms with Crippen LogP contribution in [0.1, 0.15) is 31.9 Å². The van der Waals surface area contributed by atoms with Crippen LogP contribution in [0.5, 0.6) is 17.2 Å². The van der Waals surface area contributed by atoms with Crippen LogP contribution in [-0.4, -0.2) is 22.5 Å². The molecule has 0 spiro atoms. The summed E-state index contributed by atoms with van der Waals surface area (Å²) in [6, 6.07) is 14.4. The maximum Gasteiger partial charge on any atom is 0.250 e. The van der Waals surface area contributed by atoms with Crippen LogP contribution in [0.3, 0.4) is 0 Å². The fourth-order valence-electron chi connectivity index (χ4n) is 2.39. The van der Waals surface area contributed by atoms with E-state index >= 15 is 0 Å². The Balaban J connectivity index is 2.40. The molecule has 0 radical (unpaired) electrons. The number of hydrogen-bond acceptors (Lipinski definition) is 3. The Hall–Kier alpha value is -1.94. The first-order valence-corrected chi connectivity index (χ1v) is 11.6. The van der Waals surface area contributed by atoms with E-state index in [1.807, 2.05) is 30.3 Å². The van der Waals surface area contributed by atoms with Crippen molar-refractivity contribution in [2.45, 2.75) is 45.3 Å². The van der Waals surface area contributed by atoms with Crippen LogP contribution in [0, 0.1) is 0 Å². The molecular formula is C21H30O3Si. The first-order chi connectivity index (χ1) is 11.7. The van der Waals surface area contributed by atoms with E-state index in [4.69, 9.17) is 13.9 Å². The normalized spacial score (nSPS) is 12.0. The fourth-order valence-corrected chi connectivity index (χ4v) is 3.41. The molecule has 2 rings (SSSR count). The van der Waals surface area contributed by atoms with E-state index in [1.165, 1.54) is 5.56 Å². The van der Waals surface area contributed by atoms with Crippen molar-refractivity contribution >= 4 is 8.32 Å². The van der Waals surface area contributed by atoms with Gasteiger partial charge in [0.25, 0.3) is 8.32 Å². The Morgan fingerprint density at radius 2 is 1.44 bits per heavy atom. The second-order valence-electron chi connectivity index (χ2n) is 7.84. The van der Waals surface area contributed by atoms with Crippen molar-refractivity contribution in [1.82, 2.24) is 0 Å². The van der Waals surface area contributed by atoms with Crippen molar-refractivity contribution in [3.63, 3.8) is 0 Å². The highest BCUT2D eigenvalue weighted by molar-refractivity contribution is 6.74. The predicted octanol–water partition coefficient (Wildman–Crippen LogP) is 5.68. The smallest absolute Gasteiger partial charge is 0.250 e. The minimum absolute atomic E-state index is 0.119. The van der Waals surface area contributed by atoms with Gasteiger partial charge in [-0.1, -0.05) is 51.1 Å². The second-order valence-corrected chi connectivity index (χ2v) is 12.6. The molecule has 2 aromatic rings. The summed E-state index contributed by atoms with van der Waals surface area (Å²) in [5.41, 5.74) is 2.33. The fraction of sp³-hybridized carbons (Fsp3) is 0.429.